The Balaban J connectivity index is 2.23. The van der Waals surface area contributed by atoms with Gasteiger partial charge in [0.05, 0.1) is 12.2 Å². The number of nitrogens with one attached hydrogen (secondary N) is 1. The SMILES string of the molecule is CCNCc1cnc(C)n1Cc1ccccc1F. The zero-order valence-corrected chi connectivity index (χ0v) is 10.8. The second kappa shape index (κ2) is 5.78. The lowest BCUT2D eigenvalue weighted by atomic mass is 10.2. The standard InChI is InChI=1S/C14H18FN3/c1-3-16-8-13-9-17-11(2)18(13)10-12-6-4-5-7-14(12)15/h4-7,9,16H,3,8,10H2,1-2H3. The molecule has 0 atom stereocenters. The first-order valence-corrected chi connectivity index (χ1v) is 6.17. The van der Waals surface area contributed by atoms with Crippen molar-refractivity contribution in [3.8, 4) is 0 Å². The molecule has 1 aromatic heterocycles. The molecule has 0 saturated heterocycles. The van der Waals surface area contributed by atoms with Crippen LogP contribution in [0.3, 0.4) is 0 Å². The van der Waals surface area contributed by atoms with Crippen molar-refractivity contribution in [2.24, 2.45) is 0 Å². The molecule has 0 aliphatic carbocycles. The molecule has 0 amide bonds. The minimum atomic E-state index is -0.167. The summed E-state index contributed by atoms with van der Waals surface area (Å²) in [5.74, 6) is 0.742. The van der Waals surface area contributed by atoms with Crippen LogP contribution in [0.25, 0.3) is 0 Å². The molecule has 2 aromatic rings. The topological polar surface area (TPSA) is 29.9 Å². The van der Waals surface area contributed by atoms with Gasteiger partial charge < -0.3 is 9.88 Å². The van der Waals surface area contributed by atoms with Crippen molar-refractivity contribution in [3.05, 3.63) is 53.4 Å². The van der Waals surface area contributed by atoms with Crippen molar-refractivity contribution < 1.29 is 4.39 Å². The van der Waals surface area contributed by atoms with Crippen molar-refractivity contribution in [1.82, 2.24) is 14.9 Å². The highest BCUT2D eigenvalue weighted by Crippen LogP contribution is 2.12. The summed E-state index contributed by atoms with van der Waals surface area (Å²) in [5, 5.41) is 3.26. The van der Waals surface area contributed by atoms with Crippen LogP contribution >= 0.6 is 0 Å². The van der Waals surface area contributed by atoms with E-state index in [0.29, 0.717) is 12.1 Å². The van der Waals surface area contributed by atoms with Crippen molar-refractivity contribution in [3.63, 3.8) is 0 Å². The lowest BCUT2D eigenvalue weighted by Gasteiger charge is -2.11. The van der Waals surface area contributed by atoms with E-state index >= 15 is 0 Å². The van der Waals surface area contributed by atoms with E-state index in [0.717, 1.165) is 24.6 Å². The Morgan fingerprint density at radius 2 is 2.11 bits per heavy atom. The highest BCUT2D eigenvalue weighted by atomic mass is 19.1. The third-order valence-electron chi connectivity index (χ3n) is 2.98. The molecule has 3 nitrogen and oxygen atoms in total. The number of halogens is 1. The molecule has 96 valence electrons. The summed E-state index contributed by atoms with van der Waals surface area (Å²) in [7, 11) is 0. The lowest BCUT2D eigenvalue weighted by molar-refractivity contribution is 0.585. The number of aryl methyl sites for hydroxylation is 1. The molecule has 1 N–H and O–H groups in total. The summed E-state index contributed by atoms with van der Waals surface area (Å²) in [5.41, 5.74) is 1.77. The van der Waals surface area contributed by atoms with Crippen LogP contribution in [-0.2, 0) is 13.1 Å². The fourth-order valence-electron chi connectivity index (χ4n) is 1.92. The third-order valence-corrected chi connectivity index (χ3v) is 2.98. The van der Waals surface area contributed by atoms with Crippen molar-refractivity contribution >= 4 is 0 Å². The van der Waals surface area contributed by atoms with E-state index in [-0.39, 0.29) is 5.82 Å². The molecule has 0 unspecified atom stereocenters. The molecule has 0 fully saturated rings. The van der Waals surface area contributed by atoms with E-state index in [1.807, 2.05) is 29.8 Å². The molecule has 0 aliphatic heterocycles. The number of benzene rings is 1. The van der Waals surface area contributed by atoms with Gasteiger partial charge in [0.2, 0.25) is 0 Å². The average Bonchev–Trinajstić information content (AvgIpc) is 2.71. The smallest absolute Gasteiger partial charge is 0.128 e. The fraction of sp³-hybridized carbons (Fsp3) is 0.357. The van der Waals surface area contributed by atoms with E-state index < -0.39 is 0 Å². The second-order valence-electron chi connectivity index (χ2n) is 4.25. The molecule has 0 saturated carbocycles. The molecule has 0 radical (unpaired) electrons. The summed E-state index contributed by atoms with van der Waals surface area (Å²) < 4.78 is 15.7. The Kier molecular flexibility index (Phi) is 4.10. The maximum absolute atomic E-state index is 13.6. The van der Waals surface area contributed by atoms with Gasteiger partial charge in [0, 0.05) is 18.3 Å². The van der Waals surface area contributed by atoms with Crippen LogP contribution in [-0.4, -0.2) is 16.1 Å². The average molecular weight is 247 g/mol. The zero-order valence-electron chi connectivity index (χ0n) is 10.8. The molecular weight excluding hydrogens is 229 g/mol. The number of aromatic nitrogens is 2. The van der Waals surface area contributed by atoms with Crippen LogP contribution in [0.1, 0.15) is 24.0 Å². The predicted molar refractivity (Wildman–Crippen MR) is 69.8 cm³/mol. The van der Waals surface area contributed by atoms with Crippen LogP contribution in [0.5, 0.6) is 0 Å². The van der Waals surface area contributed by atoms with Gasteiger partial charge in [-0.05, 0) is 19.5 Å². The minimum Gasteiger partial charge on any atom is -0.326 e. The van der Waals surface area contributed by atoms with E-state index in [2.05, 4.69) is 17.2 Å². The number of rotatable bonds is 5. The van der Waals surface area contributed by atoms with Gasteiger partial charge in [0.25, 0.3) is 0 Å². The summed E-state index contributed by atoms with van der Waals surface area (Å²) >= 11 is 0. The first-order chi connectivity index (χ1) is 8.72. The summed E-state index contributed by atoms with van der Waals surface area (Å²) in [4.78, 5) is 4.30. The first-order valence-electron chi connectivity index (χ1n) is 6.17. The first kappa shape index (κ1) is 12.8. The Labute approximate surface area is 107 Å². The third kappa shape index (κ3) is 2.76. The largest absolute Gasteiger partial charge is 0.326 e. The summed E-state index contributed by atoms with van der Waals surface area (Å²) in [6, 6.07) is 6.87. The number of hydrogen-bond acceptors (Lipinski definition) is 2. The van der Waals surface area contributed by atoms with Gasteiger partial charge in [-0.25, -0.2) is 9.37 Å². The number of hydrogen-bond donors (Lipinski definition) is 1. The Hall–Kier alpha value is -1.68. The molecule has 18 heavy (non-hydrogen) atoms. The van der Waals surface area contributed by atoms with Gasteiger partial charge >= 0.3 is 0 Å². The van der Waals surface area contributed by atoms with Gasteiger partial charge in [0.15, 0.2) is 0 Å². The molecule has 2 rings (SSSR count). The monoisotopic (exact) mass is 247 g/mol. The van der Waals surface area contributed by atoms with Crippen LogP contribution in [0.15, 0.2) is 30.5 Å². The molecule has 4 heteroatoms. The second-order valence-corrected chi connectivity index (χ2v) is 4.25. The van der Waals surface area contributed by atoms with Gasteiger partial charge in [0.1, 0.15) is 11.6 Å². The Morgan fingerprint density at radius 3 is 2.83 bits per heavy atom. The molecule has 0 bridgehead atoms. The van der Waals surface area contributed by atoms with Gasteiger partial charge in [-0.15, -0.1) is 0 Å². The Bertz CT molecular complexity index is 520. The number of nitrogens with zero attached hydrogens (tertiary/aromatic N) is 2. The van der Waals surface area contributed by atoms with Gasteiger partial charge in [-0.1, -0.05) is 25.1 Å². The van der Waals surface area contributed by atoms with E-state index in [1.54, 1.807) is 6.07 Å². The van der Waals surface area contributed by atoms with Crippen molar-refractivity contribution in [1.29, 1.82) is 0 Å². The molecule has 0 spiro atoms. The van der Waals surface area contributed by atoms with Crippen LogP contribution in [0.2, 0.25) is 0 Å². The normalized spacial score (nSPS) is 10.8. The van der Waals surface area contributed by atoms with Gasteiger partial charge in [-0.3, -0.25) is 0 Å². The van der Waals surface area contributed by atoms with E-state index in [1.165, 1.54) is 6.07 Å². The molecule has 0 aliphatic rings. The zero-order chi connectivity index (χ0) is 13.0. The van der Waals surface area contributed by atoms with Crippen LogP contribution < -0.4 is 5.32 Å². The quantitative estimate of drug-likeness (QED) is 0.879. The molecular formula is C14H18FN3. The Morgan fingerprint density at radius 1 is 1.33 bits per heavy atom. The van der Waals surface area contributed by atoms with Crippen molar-refractivity contribution in [2.75, 3.05) is 6.54 Å². The number of imidazole rings is 1. The lowest BCUT2D eigenvalue weighted by Crippen LogP contribution is -2.16. The summed E-state index contributed by atoms with van der Waals surface area (Å²) in [6.07, 6.45) is 1.85. The molecule has 1 aromatic carbocycles. The van der Waals surface area contributed by atoms with E-state index in [9.17, 15) is 4.39 Å². The van der Waals surface area contributed by atoms with E-state index in [4.69, 9.17) is 0 Å². The van der Waals surface area contributed by atoms with Crippen LogP contribution in [0, 0.1) is 12.7 Å². The maximum atomic E-state index is 13.6. The maximum Gasteiger partial charge on any atom is 0.128 e. The predicted octanol–water partition coefficient (Wildman–Crippen LogP) is 2.49. The van der Waals surface area contributed by atoms with Crippen LogP contribution in [0.4, 0.5) is 4.39 Å². The molecule has 1 heterocycles. The van der Waals surface area contributed by atoms with Gasteiger partial charge in [-0.2, -0.15) is 0 Å². The minimum absolute atomic E-state index is 0.167. The highest BCUT2D eigenvalue weighted by Gasteiger charge is 2.09. The van der Waals surface area contributed by atoms with Crippen molar-refractivity contribution in [2.45, 2.75) is 26.9 Å². The summed E-state index contributed by atoms with van der Waals surface area (Å²) in [6.45, 7) is 6.19. The highest BCUT2D eigenvalue weighted by molar-refractivity contribution is 5.19. The fourth-order valence-corrected chi connectivity index (χ4v) is 1.92.